The van der Waals surface area contributed by atoms with Gasteiger partial charge in [-0.15, -0.1) is 0 Å². The molecule has 0 radical (unpaired) electrons. The van der Waals surface area contributed by atoms with Gasteiger partial charge in [-0.05, 0) is 35.6 Å². The van der Waals surface area contributed by atoms with Crippen molar-refractivity contribution in [3.05, 3.63) is 66.2 Å². The maximum absolute atomic E-state index is 3.96. The lowest BCUT2D eigenvalue weighted by Gasteiger charge is -2.08. The Morgan fingerprint density at radius 1 is 1.00 bits per heavy atom. The van der Waals surface area contributed by atoms with Crippen LogP contribution >= 0.6 is 0 Å². The molecule has 0 nitrogen and oxygen atoms in total. The van der Waals surface area contributed by atoms with Crippen molar-refractivity contribution in [3.63, 3.8) is 0 Å². The zero-order valence-corrected chi connectivity index (χ0v) is 10.5. The zero-order chi connectivity index (χ0) is 12.3. The molecule has 0 heterocycles. The van der Waals surface area contributed by atoms with Gasteiger partial charge < -0.3 is 0 Å². The Morgan fingerprint density at radius 3 is 2.24 bits per heavy atom. The van der Waals surface area contributed by atoms with E-state index >= 15 is 0 Å². The number of rotatable bonds is 3. The summed E-state index contributed by atoms with van der Waals surface area (Å²) in [5.74, 6) is 0. The van der Waals surface area contributed by atoms with Crippen molar-refractivity contribution in [2.45, 2.75) is 20.3 Å². The van der Waals surface area contributed by atoms with Crippen LogP contribution in [0.3, 0.4) is 0 Å². The van der Waals surface area contributed by atoms with Crippen molar-refractivity contribution in [3.8, 4) is 11.1 Å². The highest BCUT2D eigenvalue weighted by atomic mass is 14.1. The molecule has 0 aliphatic rings. The van der Waals surface area contributed by atoms with Crippen molar-refractivity contribution >= 4 is 5.57 Å². The number of hydrogen-bond donors (Lipinski definition) is 0. The molecule has 0 fully saturated rings. The third-order valence-electron chi connectivity index (χ3n) is 3.09. The van der Waals surface area contributed by atoms with Crippen molar-refractivity contribution in [1.29, 1.82) is 0 Å². The first-order valence-electron chi connectivity index (χ1n) is 6.06. The fourth-order valence-electron chi connectivity index (χ4n) is 2.04. The average molecular weight is 222 g/mol. The molecule has 0 bridgehead atoms. The minimum atomic E-state index is 1.07. The van der Waals surface area contributed by atoms with Crippen LogP contribution in [0.4, 0.5) is 0 Å². The van der Waals surface area contributed by atoms with E-state index in [2.05, 4.69) is 62.0 Å². The Kier molecular flexibility index (Phi) is 3.43. The van der Waals surface area contributed by atoms with Crippen molar-refractivity contribution in [1.82, 2.24) is 0 Å². The first-order chi connectivity index (χ1) is 8.22. The first kappa shape index (κ1) is 11.7. The molecule has 2 aromatic carbocycles. The summed E-state index contributed by atoms with van der Waals surface area (Å²) < 4.78 is 0. The summed E-state index contributed by atoms with van der Waals surface area (Å²) in [5.41, 5.74) is 6.34. The topological polar surface area (TPSA) is 0 Å². The number of allylic oxidation sites excluding steroid dienone is 1. The van der Waals surface area contributed by atoms with Crippen molar-refractivity contribution in [2.75, 3.05) is 0 Å². The Labute approximate surface area is 104 Å². The molecule has 0 unspecified atom stereocenters. The van der Waals surface area contributed by atoms with Gasteiger partial charge in [0.25, 0.3) is 0 Å². The molecular weight excluding hydrogens is 204 g/mol. The molecule has 0 atom stereocenters. The second-order valence-electron chi connectivity index (χ2n) is 4.37. The molecule has 0 aliphatic carbocycles. The number of benzene rings is 2. The molecule has 2 aromatic rings. The third-order valence-corrected chi connectivity index (χ3v) is 3.09. The van der Waals surface area contributed by atoms with E-state index in [4.69, 9.17) is 0 Å². The molecule has 17 heavy (non-hydrogen) atoms. The molecule has 86 valence electrons. The number of hydrogen-bond acceptors (Lipinski definition) is 0. The molecular formula is C17H18. The fourth-order valence-corrected chi connectivity index (χ4v) is 2.04. The van der Waals surface area contributed by atoms with E-state index in [1.54, 1.807) is 0 Å². The van der Waals surface area contributed by atoms with E-state index in [1.165, 1.54) is 22.3 Å². The van der Waals surface area contributed by atoms with E-state index in [-0.39, 0.29) is 0 Å². The van der Waals surface area contributed by atoms with Gasteiger partial charge in [0.1, 0.15) is 0 Å². The van der Waals surface area contributed by atoms with E-state index in [1.807, 2.05) is 6.92 Å². The highest BCUT2D eigenvalue weighted by molar-refractivity contribution is 5.70. The predicted molar refractivity (Wildman–Crippen MR) is 76.0 cm³/mol. The maximum atomic E-state index is 3.96. The summed E-state index contributed by atoms with van der Waals surface area (Å²) in [6, 6.07) is 17.2. The van der Waals surface area contributed by atoms with Gasteiger partial charge in [-0.1, -0.05) is 67.6 Å². The van der Waals surface area contributed by atoms with Gasteiger partial charge in [0, 0.05) is 0 Å². The van der Waals surface area contributed by atoms with Gasteiger partial charge in [0.2, 0.25) is 0 Å². The van der Waals surface area contributed by atoms with E-state index in [0.29, 0.717) is 0 Å². The summed E-state index contributed by atoms with van der Waals surface area (Å²) in [5, 5.41) is 0. The normalized spacial score (nSPS) is 10.2. The largest absolute Gasteiger partial charge is 0.0955 e. The quantitative estimate of drug-likeness (QED) is 0.689. The van der Waals surface area contributed by atoms with Crippen LogP contribution in [0, 0.1) is 0 Å². The van der Waals surface area contributed by atoms with Crippen LogP contribution in [0.1, 0.15) is 25.0 Å². The van der Waals surface area contributed by atoms with E-state index in [9.17, 15) is 0 Å². The van der Waals surface area contributed by atoms with E-state index < -0.39 is 0 Å². The number of aryl methyl sites for hydroxylation is 1. The van der Waals surface area contributed by atoms with E-state index in [0.717, 1.165) is 12.0 Å². The third kappa shape index (κ3) is 2.47. The lowest BCUT2D eigenvalue weighted by atomic mass is 9.96. The molecule has 0 aliphatic heterocycles. The smallest absolute Gasteiger partial charge is 0.0152 e. The van der Waals surface area contributed by atoms with Gasteiger partial charge in [-0.25, -0.2) is 0 Å². The summed E-state index contributed by atoms with van der Waals surface area (Å²) >= 11 is 0. The molecule has 0 saturated heterocycles. The summed E-state index contributed by atoms with van der Waals surface area (Å²) in [6.07, 6.45) is 1.07. The summed E-state index contributed by atoms with van der Waals surface area (Å²) in [7, 11) is 0. The summed E-state index contributed by atoms with van der Waals surface area (Å²) in [6.45, 7) is 8.19. The van der Waals surface area contributed by atoms with Crippen LogP contribution in [-0.2, 0) is 6.42 Å². The Morgan fingerprint density at radius 2 is 1.65 bits per heavy atom. The van der Waals surface area contributed by atoms with Gasteiger partial charge in [-0.3, -0.25) is 0 Å². The van der Waals surface area contributed by atoms with Gasteiger partial charge in [-0.2, -0.15) is 0 Å². The monoisotopic (exact) mass is 222 g/mol. The second kappa shape index (κ2) is 5.01. The molecule has 0 N–H and O–H groups in total. The highest BCUT2D eigenvalue weighted by Crippen LogP contribution is 2.25. The van der Waals surface area contributed by atoms with Crippen LogP contribution in [0.15, 0.2) is 55.1 Å². The standard InChI is InChI=1S/C17H18/c1-4-14-7-5-6-8-17(14)16-11-9-15(10-12-16)13(2)3/h5-12H,2,4H2,1,3H3. The average Bonchev–Trinajstić information content (AvgIpc) is 2.39. The summed E-state index contributed by atoms with van der Waals surface area (Å²) in [4.78, 5) is 0. The highest BCUT2D eigenvalue weighted by Gasteiger charge is 2.02. The molecule has 2 rings (SSSR count). The predicted octanol–water partition coefficient (Wildman–Crippen LogP) is 4.95. The van der Waals surface area contributed by atoms with Crippen LogP contribution < -0.4 is 0 Å². The second-order valence-corrected chi connectivity index (χ2v) is 4.37. The molecule has 0 spiro atoms. The molecule has 0 saturated carbocycles. The van der Waals surface area contributed by atoms with Crippen molar-refractivity contribution in [2.24, 2.45) is 0 Å². The van der Waals surface area contributed by atoms with Crippen LogP contribution in [0.2, 0.25) is 0 Å². The van der Waals surface area contributed by atoms with Gasteiger partial charge in [0.05, 0.1) is 0 Å². The lowest BCUT2D eigenvalue weighted by Crippen LogP contribution is -1.87. The van der Waals surface area contributed by atoms with Crippen molar-refractivity contribution < 1.29 is 0 Å². The van der Waals surface area contributed by atoms with Crippen LogP contribution in [0.25, 0.3) is 16.7 Å². The minimum absolute atomic E-state index is 1.07. The Bertz CT molecular complexity index is 518. The maximum Gasteiger partial charge on any atom is -0.0152 e. The zero-order valence-electron chi connectivity index (χ0n) is 10.5. The Balaban J connectivity index is 2.43. The Hall–Kier alpha value is -1.82. The molecule has 0 heteroatoms. The van der Waals surface area contributed by atoms with Gasteiger partial charge in [0.15, 0.2) is 0 Å². The fraction of sp³-hybridized carbons (Fsp3) is 0.176. The molecule has 0 amide bonds. The minimum Gasteiger partial charge on any atom is -0.0955 e. The first-order valence-corrected chi connectivity index (χ1v) is 6.06. The SMILES string of the molecule is C=C(C)c1ccc(-c2ccccc2CC)cc1. The van der Waals surface area contributed by atoms with Crippen LogP contribution in [-0.4, -0.2) is 0 Å². The lowest BCUT2D eigenvalue weighted by molar-refractivity contribution is 1.14. The molecule has 0 aromatic heterocycles. The van der Waals surface area contributed by atoms with Crippen LogP contribution in [0.5, 0.6) is 0 Å². The van der Waals surface area contributed by atoms with Gasteiger partial charge >= 0.3 is 0 Å².